The molecule has 4 heteroatoms. The number of hydrogen-bond donors (Lipinski definition) is 1. The molecule has 0 bridgehead atoms. The van der Waals surface area contributed by atoms with E-state index >= 15 is 0 Å². The van der Waals surface area contributed by atoms with Crippen LogP contribution in [0.2, 0.25) is 0 Å². The summed E-state index contributed by atoms with van der Waals surface area (Å²) >= 11 is 0. The van der Waals surface area contributed by atoms with Crippen LogP contribution in [0.5, 0.6) is 0 Å². The van der Waals surface area contributed by atoms with Gasteiger partial charge >= 0.3 is 0 Å². The maximum Gasteiger partial charge on any atom is 0.132 e. The molecule has 0 radical (unpaired) electrons. The second-order valence-corrected chi connectivity index (χ2v) is 5.96. The van der Waals surface area contributed by atoms with Gasteiger partial charge in [0.25, 0.3) is 0 Å². The number of aromatic nitrogens is 2. The van der Waals surface area contributed by atoms with Crippen LogP contribution in [0, 0.1) is 5.92 Å². The average molecular weight is 275 g/mol. The third-order valence-electron chi connectivity index (χ3n) is 4.66. The Morgan fingerprint density at radius 1 is 1.25 bits per heavy atom. The van der Waals surface area contributed by atoms with E-state index in [9.17, 15) is 0 Å². The number of rotatable bonds is 4. The maximum absolute atomic E-state index is 5.76. The van der Waals surface area contributed by atoms with E-state index in [4.69, 9.17) is 4.74 Å². The fourth-order valence-electron chi connectivity index (χ4n) is 3.46. The number of anilines is 1. The molecule has 110 valence electrons. The third-order valence-corrected chi connectivity index (χ3v) is 4.66. The molecular weight excluding hydrogens is 250 g/mol. The monoisotopic (exact) mass is 275 g/mol. The first-order chi connectivity index (χ1) is 9.88. The van der Waals surface area contributed by atoms with Crippen molar-refractivity contribution in [3.05, 3.63) is 17.6 Å². The highest BCUT2D eigenvalue weighted by atomic mass is 16.5. The quantitative estimate of drug-likeness (QED) is 0.858. The molecular formula is C16H25N3O. The average Bonchev–Trinajstić information content (AvgIpc) is 2.80. The Hall–Kier alpha value is -1.16. The van der Waals surface area contributed by atoms with Gasteiger partial charge in [-0.2, -0.15) is 0 Å². The predicted molar refractivity (Wildman–Crippen MR) is 79.9 cm³/mol. The molecule has 4 nitrogen and oxygen atoms in total. The standard InChI is InChI=1S/C16H25N3O/c1-2-15-12(8-9-20-15)10-17-16-13-6-4-3-5-7-14(13)18-11-19-16/h11-12,15H,2-10H2,1H3,(H,17,18,19). The Labute approximate surface area is 121 Å². The van der Waals surface area contributed by atoms with Crippen molar-refractivity contribution in [2.75, 3.05) is 18.5 Å². The van der Waals surface area contributed by atoms with Crippen LogP contribution in [0.15, 0.2) is 6.33 Å². The zero-order chi connectivity index (χ0) is 13.8. The zero-order valence-electron chi connectivity index (χ0n) is 12.4. The lowest BCUT2D eigenvalue weighted by Gasteiger charge is -2.19. The van der Waals surface area contributed by atoms with Gasteiger partial charge in [0.2, 0.25) is 0 Å². The number of nitrogens with zero attached hydrogens (tertiary/aromatic N) is 2. The Bertz CT molecular complexity index is 449. The van der Waals surface area contributed by atoms with Crippen molar-refractivity contribution in [3.63, 3.8) is 0 Å². The number of hydrogen-bond acceptors (Lipinski definition) is 4. The van der Waals surface area contributed by atoms with Gasteiger partial charge in [-0.05, 0) is 38.5 Å². The van der Waals surface area contributed by atoms with Crippen molar-refractivity contribution < 1.29 is 4.74 Å². The molecule has 3 rings (SSSR count). The molecule has 2 atom stereocenters. The van der Waals surface area contributed by atoms with Gasteiger partial charge in [0.05, 0.1) is 6.10 Å². The Kier molecular flexibility index (Phi) is 4.51. The summed E-state index contributed by atoms with van der Waals surface area (Å²) in [7, 11) is 0. The lowest BCUT2D eigenvalue weighted by molar-refractivity contribution is 0.0900. The Morgan fingerprint density at radius 3 is 3.05 bits per heavy atom. The molecule has 0 amide bonds. The topological polar surface area (TPSA) is 47.0 Å². The lowest BCUT2D eigenvalue weighted by Crippen LogP contribution is -2.23. The molecule has 1 aliphatic carbocycles. The minimum absolute atomic E-state index is 0.419. The number of fused-ring (bicyclic) bond motifs is 1. The highest BCUT2D eigenvalue weighted by molar-refractivity contribution is 5.46. The second kappa shape index (κ2) is 6.53. The molecule has 2 heterocycles. The first kappa shape index (κ1) is 13.8. The molecule has 2 aliphatic rings. The predicted octanol–water partition coefficient (Wildman–Crippen LogP) is 2.97. The van der Waals surface area contributed by atoms with E-state index in [-0.39, 0.29) is 0 Å². The van der Waals surface area contributed by atoms with Crippen molar-refractivity contribution in [1.29, 1.82) is 0 Å². The summed E-state index contributed by atoms with van der Waals surface area (Å²) in [5.41, 5.74) is 2.62. The first-order valence-corrected chi connectivity index (χ1v) is 8.06. The van der Waals surface area contributed by atoms with Gasteiger partial charge in [0.1, 0.15) is 12.1 Å². The minimum atomic E-state index is 0.419. The molecule has 0 aromatic carbocycles. The summed E-state index contributed by atoms with van der Waals surface area (Å²) < 4.78 is 5.76. The fourth-order valence-corrected chi connectivity index (χ4v) is 3.46. The van der Waals surface area contributed by atoms with Crippen LogP contribution in [0.3, 0.4) is 0 Å². The van der Waals surface area contributed by atoms with Crippen LogP contribution >= 0.6 is 0 Å². The number of ether oxygens (including phenoxy) is 1. The van der Waals surface area contributed by atoms with Crippen molar-refractivity contribution in [2.24, 2.45) is 5.92 Å². The summed E-state index contributed by atoms with van der Waals surface area (Å²) in [6.07, 6.45) is 10.5. The number of aryl methyl sites for hydroxylation is 1. The third kappa shape index (κ3) is 2.95. The van der Waals surface area contributed by atoms with Crippen LogP contribution in [-0.2, 0) is 17.6 Å². The molecule has 0 spiro atoms. The van der Waals surface area contributed by atoms with Gasteiger partial charge in [-0.15, -0.1) is 0 Å². The van der Waals surface area contributed by atoms with Gasteiger partial charge in [-0.3, -0.25) is 0 Å². The van der Waals surface area contributed by atoms with Gasteiger partial charge in [-0.1, -0.05) is 13.3 Å². The molecule has 1 N–H and O–H groups in total. The maximum atomic E-state index is 5.76. The van der Waals surface area contributed by atoms with Crippen molar-refractivity contribution in [1.82, 2.24) is 9.97 Å². The molecule has 1 aromatic rings. The molecule has 1 saturated heterocycles. The summed E-state index contributed by atoms with van der Waals surface area (Å²) in [4.78, 5) is 8.96. The van der Waals surface area contributed by atoms with E-state index in [2.05, 4.69) is 22.2 Å². The van der Waals surface area contributed by atoms with Gasteiger partial charge in [-0.25, -0.2) is 9.97 Å². The van der Waals surface area contributed by atoms with Gasteiger partial charge < -0.3 is 10.1 Å². The van der Waals surface area contributed by atoms with Crippen LogP contribution in [0.1, 0.15) is 50.3 Å². The smallest absolute Gasteiger partial charge is 0.132 e. The van der Waals surface area contributed by atoms with E-state index < -0.39 is 0 Å². The highest BCUT2D eigenvalue weighted by Gasteiger charge is 2.26. The van der Waals surface area contributed by atoms with E-state index in [1.54, 1.807) is 6.33 Å². The van der Waals surface area contributed by atoms with Gasteiger partial charge in [0, 0.05) is 30.3 Å². The summed E-state index contributed by atoms with van der Waals surface area (Å²) in [6, 6.07) is 0. The highest BCUT2D eigenvalue weighted by Crippen LogP contribution is 2.26. The van der Waals surface area contributed by atoms with Crippen LogP contribution in [-0.4, -0.2) is 29.2 Å². The minimum Gasteiger partial charge on any atom is -0.378 e. The largest absolute Gasteiger partial charge is 0.378 e. The summed E-state index contributed by atoms with van der Waals surface area (Å²) in [5.74, 6) is 1.69. The van der Waals surface area contributed by atoms with E-state index in [0.29, 0.717) is 12.0 Å². The van der Waals surface area contributed by atoms with Crippen LogP contribution < -0.4 is 5.32 Å². The SMILES string of the molecule is CCC1OCCC1CNc1ncnc2c1CCCCC2. The van der Waals surface area contributed by atoms with E-state index in [1.807, 2.05) is 0 Å². The molecule has 1 aromatic heterocycles. The Morgan fingerprint density at radius 2 is 2.15 bits per heavy atom. The van der Waals surface area contributed by atoms with Crippen molar-refractivity contribution in [2.45, 2.75) is 58.0 Å². The zero-order valence-corrected chi connectivity index (χ0v) is 12.4. The van der Waals surface area contributed by atoms with E-state index in [1.165, 1.54) is 36.9 Å². The molecule has 0 saturated carbocycles. The lowest BCUT2D eigenvalue weighted by atomic mass is 9.99. The normalized spacial score (nSPS) is 26.1. The second-order valence-electron chi connectivity index (χ2n) is 5.96. The van der Waals surface area contributed by atoms with Crippen LogP contribution in [0.25, 0.3) is 0 Å². The molecule has 1 aliphatic heterocycles. The van der Waals surface area contributed by atoms with Crippen molar-refractivity contribution >= 4 is 5.82 Å². The first-order valence-electron chi connectivity index (χ1n) is 8.06. The summed E-state index contributed by atoms with van der Waals surface area (Å²) in [5, 5.41) is 3.58. The number of nitrogens with one attached hydrogen (secondary N) is 1. The van der Waals surface area contributed by atoms with Crippen molar-refractivity contribution in [3.8, 4) is 0 Å². The van der Waals surface area contributed by atoms with E-state index in [0.717, 1.165) is 38.2 Å². The molecule has 2 unspecified atom stereocenters. The molecule has 1 fully saturated rings. The van der Waals surface area contributed by atoms with Gasteiger partial charge in [0.15, 0.2) is 0 Å². The van der Waals surface area contributed by atoms with Crippen LogP contribution in [0.4, 0.5) is 5.82 Å². The summed E-state index contributed by atoms with van der Waals surface area (Å²) in [6.45, 7) is 4.09. The molecule has 20 heavy (non-hydrogen) atoms. The Balaban J connectivity index is 1.68. The fraction of sp³-hybridized carbons (Fsp3) is 0.750.